The molecule has 0 unspecified atom stereocenters. The van der Waals surface area contributed by atoms with Gasteiger partial charge >= 0.3 is 0 Å². The van der Waals surface area contributed by atoms with Crippen LogP contribution >= 0.6 is 11.6 Å². The van der Waals surface area contributed by atoms with Crippen LogP contribution in [0, 0.1) is 0 Å². The molecule has 6 nitrogen and oxygen atoms in total. The second-order valence-corrected chi connectivity index (χ2v) is 7.53. The first-order chi connectivity index (χ1) is 14.6. The van der Waals surface area contributed by atoms with Crippen LogP contribution in [-0.2, 0) is 4.79 Å². The minimum absolute atomic E-state index is 0.0879. The molecule has 0 aromatic heterocycles. The Hall–Kier alpha value is -2.54. The lowest BCUT2D eigenvalue weighted by molar-refractivity contribution is -0.117. The molecule has 160 valence electrons. The zero-order chi connectivity index (χ0) is 21.3. The number of halogens is 1. The van der Waals surface area contributed by atoms with Gasteiger partial charge in [-0.2, -0.15) is 0 Å². The maximum atomic E-state index is 12.5. The molecule has 2 aromatic rings. The molecular weight excluding hydrogens is 402 g/mol. The van der Waals surface area contributed by atoms with Crippen LogP contribution in [0.2, 0.25) is 5.02 Å². The molecule has 7 heteroatoms. The summed E-state index contributed by atoms with van der Waals surface area (Å²) in [6.07, 6.45) is 4.34. The highest BCUT2D eigenvalue weighted by Gasteiger charge is 2.19. The zero-order valence-electron chi connectivity index (χ0n) is 17.4. The van der Waals surface area contributed by atoms with Crippen molar-refractivity contribution < 1.29 is 14.3 Å². The number of hydrogen-bond acceptors (Lipinski definition) is 5. The number of benzene rings is 2. The SMILES string of the molecule is COc1cc(NC(=O)CN2CCN(CC=Cc3ccccc3)CC2)c(OC)cc1Cl. The number of nitrogens with one attached hydrogen (secondary N) is 1. The topological polar surface area (TPSA) is 54.0 Å². The Morgan fingerprint density at radius 2 is 1.70 bits per heavy atom. The Kier molecular flexibility index (Phi) is 8.13. The first kappa shape index (κ1) is 22.2. The maximum Gasteiger partial charge on any atom is 0.238 e. The Balaban J connectivity index is 1.46. The number of carbonyl (C=O) groups excluding carboxylic acids is 1. The number of nitrogens with zero attached hydrogens (tertiary/aromatic N) is 2. The summed E-state index contributed by atoms with van der Waals surface area (Å²) in [7, 11) is 3.08. The number of hydrogen-bond donors (Lipinski definition) is 1. The zero-order valence-corrected chi connectivity index (χ0v) is 18.2. The fraction of sp³-hybridized carbons (Fsp3) is 0.348. The molecule has 0 radical (unpaired) electrons. The maximum absolute atomic E-state index is 12.5. The third-order valence-electron chi connectivity index (χ3n) is 5.05. The first-order valence-corrected chi connectivity index (χ1v) is 10.3. The average Bonchev–Trinajstić information content (AvgIpc) is 2.76. The van der Waals surface area contributed by atoms with Gasteiger partial charge in [-0.25, -0.2) is 0 Å². The van der Waals surface area contributed by atoms with E-state index in [9.17, 15) is 4.79 Å². The van der Waals surface area contributed by atoms with Crippen LogP contribution in [0.3, 0.4) is 0 Å². The van der Waals surface area contributed by atoms with Crippen LogP contribution < -0.4 is 14.8 Å². The number of piperazine rings is 1. The van der Waals surface area contributed by atoms with Crippen molar-refractivity contribution in [1.29, 1.82) is 0 Å². The van der Waals surface area contributed by atoms with Crippen LogP contribution in [0.25, 0.3) is 6.08 Å². The molecule has 1 amide bonds. The molecule has 0 aliphatic carbocycles. The molecule has 1 aliphatic heterocycles. The lowest BCUT2D eigenvalue weighted by Crippen LogP contribution is -2.48. The Morgan fingerprint density at radius 3 is 2.37 bits per heavy atom. The van der Waals surface area contributed by atoms with Gasteiger partial charge in [0.25, 0.3) is 0 Å². The van der Waals surface area contributed by atoms with E-state index in [1.54, 1.807) is 19.2 Å². The fourth-order valence-electron chi connectivity index (χ4n) is 3.38. The van der Waals surface area contributed by atoms with Crippen molar-refractivity contribution in [3.8, 4) is 11.5 Å². The summed E-state index contributed by atoms with van der Waals surface area (Å²) in [5, 5.41) is 3.34. The number of carbonyl (C=O) groups is 1. The van der Waals surface area contributed by atoms with E-state index in [1.165, 1.54) is 12.7 Å². The Labute approximate surface area is 183 Å². The summed E-state index contributed by atoms with van der Waals surface area (Å²) in [6.45, 7) is 4.83. The number of methoxy groups -OCH3 is 2. The van der Waals surface area contributed by atoms with E-state index in [1.807, 2.05) is 18.2 Å². The number of amides is 1. The minimum Gasteiger partial charge on any atom is -0.495 e. The van der Waals surface area contributed by atoms with Gasteiger partial charge in [0.05, 0.1) is 31.5 Å². The van der Waals surface area contributed by atoms with Gasteiger partial charge in [-0.05, 0) is 5.56 Å². The fourth-order valence-corrected chi connectivity index (χ4v) is 3.61. The van der Waals surface area contributed by atoms with E-state index in [2.05, 4.69) is 39.4 Å². The molecule has 1 fully saturated rings. The molecule has 1 N–H and O–H groups in total. The van der Waals surface area contributed by atoms with E-state index < -0.39 is 0 Å². The molecule has 3 rings (SSSR count). The van der Waals surface area contributed by atoms with Gasteiger partial charge in [-0.15, -0.1) is 0 Å². The smallest absolute Gasteiger partial charge is 0.238 e. The molecule has 30 heavy (non-hydrogen) atoms. The third kappa shape index (κ3) is 6.23. The summed E-state index contributed by atoms with van der Waals surface area (Å²) in [4.78, 5) is 17.1. The van der Waals surface area contributed by atoms with Crippen molar-refractivity contribution in [1.82, 2.24) is 9.80 Å². The quantitative estimate of drug-likeness (QED) is 0.694. The van der Waals surface area contributed by atoms with Gasteiger partial charge in [0.2, 0.25) is 5.91 Å². The van der Waals surface area contributed by atoms with Gasteiger partial charge in [0, 0.05) is 44.9 Å². The molecular formula is C23H28ClN3O3. The second-order valence-electron chi connectivity index (χ2n) is 7.13. The van der Waals surface area contributed by atoms with E-state index >= 15 is 0 Å². The van der Waals surface area contributed by atoms with Crippen molar-refractivity contribution in [3.63, 3.8) is 0 Å². The van der Waals surface area contributed by atoms with Gasteiger partial charge in [0.15, 0.2) is 0 Å². The highest BCUT2D eigenvalue weighted by molar-refractivity contribution is 6.32. The van der Waals surface area contributed by atoms with Crippen LogP contribution in [-0.4, -0.2) is 69.2 Å². The molecule has 1 heterocycles. The summed E-state index contributed by atoms with van der Waals surface area (Å²) < 4.78 is 10.5. The monoisotopic (exact) mass is 429 g/mol. The largest absolute Gasteiger partial charge is 0.495 e. The first-order valence-electron chi connectivity index (χ1n) is 9.96. The van der Waals surface area contributed by atoms with Crippen LogP contribution in [0.1, 0.15) is 5.56 Å². The number of ether oxygens (including phenoxy) is 2. The standard InChI is InChI=1S/C23H28ClN3O3/c1-29-21-16-20(22(30-2)15-19(21)24)25-23(28)17-27-13-11-26(12-14-27)10-6-9-18-7-4-3-5-8-18/h3-9,15-16H,10-14,17H2,1-2H3,(H,25,28). The highest BCUT2D eigenvalue weighted by Crippen LogP contribution is 2.35. The van der Waals surface area contributed by atoms with Gasteiger partial charge in [-0.1, -0.05) is 54.1 Å². The van der Waals surface area contributed by atoms with Crippen molar-refractivity contribution in [2.24, 2.45) is 0 Å². The lowest BCUT2D eigenvalue weighted by Gasteiger charge is -2.33. The third-order valence-corrected chi connectivity index (χ3v) is 5.35. The predicted molar refractivity (Wildman–Crippen MR) is 122 cm³/mol. The predicted octanol–water partition coefficient (Wildman–Crippen LogP) is 3.63. The van der Waals surface area contributed by atoms with Crippen LogP contribution in [0.4, 0.5) is 5.69 Å². The van der Waals surface area contributed by atoms with Crippen molar-refractivity contribution in [3.05, 3.63) is 59.1 Å². The molecule has 0 atom stereocenters. The van der Waals surface area contributed by atoms with Crippen molar-refractivity contribution in [2.75, 3.05) is 58.8 Å². The molecule has 1 saturated heterocycles. The summed E-state index contributed by atoms with van der Waals surface area (Å²) in [6, 6.07) is 13.6. The normalized spacial score (nSPS) is 15.3. The summed E-state index contributed by atoms with van der Waals surface area (Å²) in [5.74, 6) is 0.907. The lowest BCUT2D eigenvalue weighted by atomic mass is 10.2. The molecule has 0 saturated carbocycles. The number of anilines is 1. The average molecular weight is 430 g/mol. The van der Waals surface area contributed by atoms with Gasteiger partial charge in [-0.3, -0.25) is 14.6 Å². The molecule has 2 aromatic carbocycles. The summed E-state index contributed by atoms with van der Waals surface area (Å²) in [5.41, 5.74) is 1.76. The van der Waals surface area contributed by atoms with E-state index in [0.29, 0.717) is 28.8 Å². The van der Waals surface area contributed by atoms with Gasteiger partial charge < -0.3 is 14.8 Å². The minimum atomic E-state index is -0.0879. The molecule has 0 spiro atoms. The Morgan fingerprint density at radius 1 is 1.03 bits per heavy atom. The van der Waals surface area contributed by atoms with Crippen LogP contribution in [0.5, 0.6) is 11.5 Å². The summed E-state index contributed by atoms with van der Waals surface area (Å²) >= 11 is 6.12. The van der Waals surface area contributed by atoms with Crippen molar-refractivity contribution >= 4 is 29.3 Å². The Bertz CT molecular complexity index is 865. The van der Waals surface area contributed by atoms with Crippen LogP contribution in [0.15, 0.2) is 48.5 Å². The van der Waals surface area contributed by atoms with Gasteiger partial charge in [0.1, 0.15) is 11.5 Å². The van der Waals surface area contributed by atoms with E-state index in [-0.39, 0.29) is 5.91 Å². The molecule has 0 bridgehead atoms. The highest BCUT2D eigenvalue weighted by atomic mass is 35.5. The second kappa shape index (κ2) is 11.0. The van der Waals surface area contributed by atoms with E-state index in [4.69, 9.17) is 21.1 Å². The van der Waals surface area contributed by atoms with Crippen molar-refractivity contribution in [2.45, 2.75) is 0 Å². The van der Waals surface area contributed by atoms with E-state index in [0.717, 1.165) is 32.7 Å². The molecule has 1 aliphatic rings. The number of rotatable bonds is 8.